The van der Waals surface area contributed by atoms with Gasteiger partial charge in [0.1, 0.15) is 5.75 Å². The van der Waals surface area contributed by atoms with Gasteiger partial charge in [-0.1, -0.05) is 44.0 Å². The Hall–Kier alpha value is -0.730. The van der Waals surface area contributed by atoms with Gasteiger partial charge in [0.05, 0.1) is 11.1 Å². The monoisotopic (exact) mass is 269 g/mol. The van der Waals surface area contributed by atoms with Crippen LogP contribution in [0.5, 0.6) is 5.75 Å². The van der Waals surface area contributed by atoms with Crippen molar-refractivity contribution in [1.29, 1.82) is 0 Å². The third-order valence-corrected chi connectivity index (χ3v) is 3.10. The van der Waals surface area contributed by atoms with Gasteiger partial charge in [-0.05, 0) is 32.4 Å². The normalized spacial score (nSPS) is 12.4. The van der Waals surface area contributed by atoms with Crippen molar-refractivity contribution in [2.75, 3.05) is 6.54 Å². The molecule has 102 valence electrons. The zero-order chi connectivity index (χ0) is 13.4. The molecule has 1 unspecified atom stereocenters. The van der Waals surface area contributed by atoms with Gasteiger partial charge in [0.15, 0.2) is 0 Å². The second kappa shape index (κ2) is 8.39. The van der Waals surface area contributed by atoms with E-state index in [1.165, 1.54) is 0 Å². The van der Waals surface area contributed by atoms with Crippen molar-refractivity contribution in [3.8, 4) is 5.75 Å². The Morgan fingerprint density at radius 2 is 2.06 bits per heavy atom. The molecule has 18 heavy (non-hydrogen) atoms. The van der Waals surface area contributed by atoms with Gasteiger partial charge < -0.3 is 10.1 Å². The maximum Gasteiger partial charge on any atom is 0.142 e. The summed E-state index contributed by atoms with van der Waals surface area (Å²) >= 11 is 6.23. The molecule has 1 atom stereocenters. The number of nitrogens with one attached hydrogen (secondary N) is 1. The highest BCUT2D eigenvalue weighted by atomic mass is 35.5. The van der Waals surface area contributed by atoms with E-state index in [1.54, 1.807) is 0 Å². The minimum atomic E-state index is 0.208. The minimum absolute atomic E-state index is 0.208. The number of ether oxygens (including phenoxy) is 1. The molecule has 0 saturated heterocycles. The molecule has 0 saturated carbocycles. The molecule has 0 aromatic heterocycles. The summed E-state index contributed by atoms with van der Waals surface area (Å²) in [5, 5.41) is 4.09. The van der Waals surface area contributed by atoms with Crippen LogP contribution in [0, 0.1) is 0 Å². The van der Waals surface area contributed by atoms with E-state index < -0.39 is 0 Å². The van der Waals surface area contributed by atoms with Gasteiger partial charge in [0.2, 0.25) is 0 Å². The van der Waals surface area contributed by atoms with E-state index in [0.717, 1.165) is 43.7 Å². The molecule has 0 aliphatic heterocycles. The van der Waals surface area contributed by atoms with Crippen LogP contribution in [0.15, 0.2) is 18.2 Å². The average Bonchev–Trinajstić information content (AvgIpc) is 2.34. The topological polar surface area (TPSA) is 21.3 Å². The van der Waals surface area contributed by atoms with Gasteiger partial charge in [0.25, 0.3) is 0 Å². The lowest BCUT2D eigenvalue weighted by atomic mass is 10.2. The molecule has 0 aliphatic rings. The van der Waals surface area contributed by atoms with E-state index in [2.05, 4.69) is 32.2 Å². The van der Waals surface area contributed by atoms with Crippen molar-refractivity contribution in [2.45, 2.75) is 52.7 Å². The molecule has 0 fully saturated rings. The molecule has 0 heterocycles. The summed E-state index contributed by atoms with van der Waals surface area (Å²) in [6.07, 6.45) is 3.50. The molecule has 2 nitrogen and oxygen atoms in total. The Labute approximate surface area is 116 Å². The van der Waals surface area contributed by atoms with Crippen molar-refractivity contribution < 1.29 is 4.74 Å². The van der Waals surface area contributed by atoms with Crippen molar-refractivity contribution in [3.05, 3.63) is 28.8 Å². The van der Waals surface area contributed by atoms with E-state index in [4.69, 9.17) is 16.3 Å². The quantitative estimate of drug-likeness (QED) is 0.706. The first-order valence-electron chi connectivity index (χ1n) is 6.83. The number of hydrogen-bond acceptors (Lipinski definition) is 2. The van der Waals surface area contributed by atoms with Crippen LogP contribution in [-0.2, 0) is 6.54 Å². The molecule has 3 heteroatoms. The average molecular weight is 270 g/mol. The number of benzene rings is 1. The second-order valence-corrected chi connectivity index (χ2v) is 5.03. The molecule has 1 aromatic rings. The van der Waals surface area contributed by atoms with Crippen molar-refractivity contribution in [2.24, 2.45) is 0 Å². The summed E-state index contributed by atoms with van der Waals surface area (Å²) in [4.78, 5) is 0. The SMILES string of the molecule is CCCNCc1cccc(Cl)c1OC(C)CCC. The standard InChI is InChI=1S/C15H24ClNO/c1-4-7-12(3)18-15-13(11-17-10-5-2)8-6-9-14(15)16/h6,8-9,12,17H,4-5,7,10-11H2,1-3H3. The van der Waals surface area contributed by atoms with E-state index in [1.807, 2.05) is 12.1 Å². The lowest BCUT2D eigenvalue weighted by molar-refractivity contribution is 0.207. The molecule has 0 bridgehead atoms. The molecule has 0 radical (unpaired) electrons. The molecule has 0 spiro atoms. The first kappa shape index (κ1) is 15.3. The van der Waals surface area contributed by atoms with E-state index in [9.17, 15) is 0 Å². The molecular formula is C15H24ClNO. The fraction of sp³-hybridized carbons (Fsp3) is 0.600. The van der Waals surface area contributed by atoms with Gasteiger partial charge in [0, 0.05) is 12.1 Å². The lowest BCUT2D eigenvalue weighted by Crippen LogP contribution is -2.17. The van der Waals surface area contributed by atoms with E-state index >= 15 is 0 Å². The Balaban J connectivity index is 2.73. The first-order valence-corrected chi connectivity index (χ1v) is 7.21. The Bertz CT molecular complexity index is 354. The molecule has 1 N–H and O–H groups in total. The zero-order valence-corrected chi connectivity index (χ0v) is 12.4. The lowest BCUT2D eigenvalue weighted by Gasteiger charge is -2.18. The molecule has 0 amide bonds. The van der Waals surface area contributed by atoms with Gasteiger partial charge in [-0.25, -0.2) is 0 Å². The molecule has 0 aliphatic carbocycles. The fourth-order valence-electron chi connectivity index (χ4n) is 1.89. The largest absolute Gasteiger partial charge is 0.489 e. The molecular weight excluding hydrogens is 246 g/mol. The van der Waals surface area contributed by atoms with Gasteiger partial charge >= 0.3 is 0 Å². The zero-order valence-electron chi connectivity index (χ0n) is 11.6. The van der Waals surface area contributed by atoms with Crippen molar-refractivity contribution >= 4 is 11.6 Å². The minimum Gasteiger partial charge on any atom is -0.489 e. The summed E-state index contributed by atoms with van der Waals surface area (Å²) in [5.41, 5.74) is 1.14. The molecule has 1 rings (SSSR count). The highest BCUT2D eigenvalue weighted by Gasteiger charge is 2.11. The van der Waals surface area contributed by atoms with Crippen molar-refractivity contribution in [1.82, 2.24) is 5.32 Å². The van der Waals surface area contributed by atoms with Crippen LogP contribution in [0.2, 0.25) is 5.02 Å². The molecule has 1 aromatic carbocycles. The van der Waals surface area contributed by atoms with Crippen LogP contribution in [0.25, 0.3) is 0 Å². The van der Waals surface area contributed by atoms with Crippen LogP contribution >= 0.6 is 11.6 Å². The number of halogens is 1. The van der Waals surface area contributed by atoms with Crippen LogP contribution in [0.4, 0.5) is 0 Å². The second-order valence-electron chi connectivity index (χ2n) is 4.62. The van der Waals surface area contributed by atoms with Gasteiger partial charge in [-0.15, -0.1) is 0 Å². The third kappa shape index (κ3) is 4.87. The van der Waals surface area contributed by atoms with E-state index in [0.29, 0.717) is 5.02 Å². The summed E-state index contributed by atoms with van der Waals surface area (Å²) in [6, 6.07) is 5.93. The number of hydrogen-bond donors (Lipinski definition) is 1. The fourth-order valence-corrected chi connectivity index (χ4v) is 2.13. The Morgan fingerprint density at radius 3 is 2.72 bits per heavy atom. The smallest absolute Gasteiger partial charge is 0.142 e. The van der Waals surface area contributed by atoms with E-state index in [-0.39, 0.29) is 6.10 Å². The Morgan fingerprint density at radius 1 is 1.28 bits per heavy atom. The van der Waals surface area contributed by atoms with Crippen LogP contribution in [-0.4, -0.2) is 12.6 Å². The van der Waals surface area contributed by atoms with Gasteiger partial charge in [-0.3, -0.25) is 0 Å². The Kier molecular flexibility index (Phi) is 7.14. The number of para-hydroxylation sites is 1. The predicted molar refractivity (Wildman–Crippen MR) is 78.4 cm³/mol. The highest BCUT2D eigenvalue weighted by molar-refractivity contribution is 6.32. The summed E-state index contributed by atoms with van der Waals surface area (Å²) in [6.45, 7) is 8.23. The summed E-state index contributed by atoms with van der Waals surface area (Å²) in [5.74, 6) is 0.837. The summed E-state index contributed by atoms with van der Waals surface area (Å²) in [7, 11) is 0. The van der Waals surface area contributed by atoms with Crippen LogP contribution in [0.3, 0.4) is 0 Å². The highest BCUT2D eigenvalue weighted by Crippen LogP contribution is 2.30. The maximum absolute atomic E-state index is 6.23. The third-order valence-electron chi connectivity index (χ3n) is 2.80. The van der Waals surface area contributed by atoms with Gasteiger partial charge in [-0.2, -0.15) is 0 Å². The first-order chi connectivity index (χ1) is 8.69. The van der Waals surface area contributed by atoms with Crippen LogP contribution < -0.4 is 10.1 Å². The number of rotatable bonds is 8. The van der Waals surface area contributed by atoms with Crippen LogP contribution in [0.1, 0.15) is 45.6 Å². The maximum atomic E-state index is 6.23. The predicted octanol–water partition coefficient (Wildman–Crippen LogP) is 4.41. The summed E-state index contributed by atoms with van der Waals surface area (Å²) < 4.78 is 5.98. The van der Waals surface area contributed by atoms with Crippen molar-refractivity contribution in [3.63, 3.8) is 0 Å².